The number of fused-ring (bicyclic) bond motifs is 1. The van der Waals surface area contributed by atoms with Crippen molar-refractivity contribution in [1.29, 1.82) is 0 Å². The van der Waals surface area contributed by atoms with Crippen LogP contribution in [0.1, 0.15) is 35.8 Å². The monoisotopic (exact) mass is 462 g/mol. The van der Waals surface area contributed by atoms with Crippen molar-refractivity contribution in [3.8, 4) is 0 Å². The summed E-state index contributed by atoms with van der Waals surface area (Å²) in [6, 6.07) is 10.7. The van der Waals surface area contributed by atoms with Gasteiger partial charge in [0, 0.05) is 30.6 Å². The highest BCUT2D eigenvalue weighted by Crippen LogP contribution is 2.31. The van der Waals surface area contributed by atoms with Crippen LogP contribution in [-0.4, -0.2) is 26.9 Å². The number of halogens is 4. The number of hydrogen-bond donors (Lipinski definition) is 0. The van der Waals surface area contributed by atoms with E-state index < -0.39 is 23.7 Å². The van der Waals surface area contributed by atoms with E-state index in [9.17, 15) is 13.2 Å². The molecule has 3 aromatic rings. The third-order valence-corrected chi connectivity index (χ3v) is 5.98. The molecule has 3 nitrogen and oxygen atoms in total. The lowest BCUT2D eigenvalue weighted by Crippen LogP contribution is -2.27. The second kappa shape index (κ2) is 10.6. The van der Waals surface area contributed by atoms with Crippen LogP contribution in [0.4, 0.5) is 17.6 Å². The van der Waals surface area contributed by atoms with Crippen LogP contribution in [0.5, 0.6) is 0 Å². The lowest BCUT2D eigenvalue weighted by molar-refractivity contribution is -0.206. The van der Waals surface area contributed by atoms with Crippen molar-refractivity contribution >= 4 is 10.8 Å². The highest BCUT2D eigenvalue weighted by Gasteiger charge is 2.24. The van der Waals surface area contributed by atoms with Crippen molar-refractivity contribution in [3.63, 3.8) is 0 Å². The summed E-state index contributed by atoms with van der Waals surface area (Å²) in [6.45, 7) is 1.92. The van der Waals surface area contributed by atoms with E-state index in [1.54, 1.807) is 31.4 Å². The number of aryl methyl sites for hydroxylation is 2. The van der Waals surface area contributed by atoms with Crippen LogP contribution < -0.4 is 0 Å². The van der Waals surface area contributed by atoms with Crippen molar-refractivity contribution in [2.24, 2.45) is 5.92 Å². The number of hydrogen-bond acceptors (Lipinski definition) is 3. The Balaban J connectivity index is 1.42. The predicted octanol–water partition coefficient (Wildman–Crippen LogP) is 6.27. The molecule has 0 unspecified atom stereocenters. The largest absolute Gasteiger partial charge is 0.385 e. The standard InChI is InChI=1S/C26H26F4O3/c1-31-10-2-3-17-14-32-26(33-15-17)20-8-9-21-19(13-20)7-6-18(24(21)29)5-4-16-11-22(27)25(30)23(28)12-16/h6-9,11-13,17,26H,2-5,10,14-15H2,1H3. The lowest BCUT2D eigenvalue weighted by atomic mass is 9.98. The first-order valence-corrected chi connectivity index (χ1v) is 11.0. The number of rotatable bonds is 8. The summed E-state index contributed by atoms with van der Waals surface area (Å²) >= 11 is 0. The average molecular weight is 462 g/mol. The molecule has 0 radical (unpaired) electrons. The molecule has 0 spiro atoms. The summed E-state index contributed by atoms with van der Waals surface area (Å²) in [4.78, 5) is 0. The molecule has 1 aliphatic rings. The molecule has 0 bridgehead atoms. The van der Waals surface area contributed by atoms with E-state index in [2.05, 4.69) is 0 Å². The molecule has 1 aliphatic heterocycles. The molecule has 0 aromatic heterocycles. The number of ether oxygens (including phenoxy) is 3. The maximum absolute atomic E-state index is 15.1. The fourth-order valence-electron chi connectivity index (χ4n) is 4.15. The van der Waals surface area contributed by atoms with Crippen LogP contribution in [0.3, 0.4) is 0 Å². The van der Waals surface area contributed by atoms with Gasteiger partial charge in [-0.3, -0.25) is 0 Å². The molecule has 0 saturated carbocycles. The van der Waals surface area contributed by atoms with Gasteiger partial charge in [-0.1, -0.05) is 24.3 Å². The second-order valence-electron chi connectivity index (χ2n) is 8.39. The highest BCUT2D eigenvalue weighted by molar-refractivity contribution is 5.84. The zero-order valence-electron chi connectivity index (χ0n) is 18.4. The Morgan fingerprint density at radius 3 is 2.30 bits per heavy atom. The van der Waals surface area contributed by atoms with E-state index in [1.165, 1.54) is 0 Å². The molecule has 1 saturated heterocycles. The summed E-state index contributed by atoms with van der Waals surface area (Å²) in [5.74, 6) is -4.04. The summed E-state index contributed by atoms with van der Waals surface area (Å²) in [6.07, 6.45) is 1.86. The molecule has 0 atom stereocenters. The molecular weight excluding hydrogens is 436 g/mol. The molecule has 0 aliphatic carbocycles. The van der Waals surface area contributed by atoms with Gasteiger partial charge < -0.3 is 14.2 Å². The van der Waals surface area contributed by atoms with Crippen LogP contribution in [-0.2, 0) is 27.1 Å². The van der Waals surface area contributed by atoms with Crippen molar-refractivity contribution in [1.82, 2.24) is 0 Å². The van der Waals surface area contributed by atoms with Crippen molar-refractivity contribution in [2.75, 3.05) is 26.9 Å². The van der Waals surface area contributed by atoms with Crippen LogP contribution in [0, 0.1) is 29.2 Å². The number of methoxy groups -OCH3 is 1. The third kappa shape index (κ3) is 5.54. The van der Waals surface area contributed by atoms with E-state index in [0.29, 0.717) is 35.5 Å². The Labute approximate surface area is 190 Å². The zero-order chi connectivity index (χ0) is 23.4. The molecule has 1 fully saturated rings. The first-order valence-electron chi connectivity index (χ1n) is 11.0. The molecule has 0 amide bonds. The topological polar surface area (TPSA) is 27.7 Å². The van der Waals surface area contributed by atoms with E-state index in [4.69, 9.17) is 14.2 Å². The Kier molecular flexibility index (Phi) is 7.63. The van der Waals surface area contributed by atoms with Gasteiger partial charge in [-0.2, -0.15) is 0 Å². The summed E-state index contributed by atoms with van der Waals surface area (Å²) in [5, 5.41) is 1.16. The van der Waals surface area contributed by atoms with Crippen LogP contribution in [0.2, 0.25) is 0 Å². The van der Waals surface area contributed by atoms with E-state index in [1.807, 2.05) is 6.07 Å². The van der Waals surface area contributed by atoms with Gasteiger partial charge in [0.2, 0.25) is 0 Å². The van der Waals surface area contributed by atoms with Gasteiger partial charge in [0.15, 0.2) is 23.7 Å². The normalized spacial score (nSPS) is 18.7. The molecule has 1 heterocycles. The number of benzene rings is 3. The minimum absolute atomic E-state index is 0.184. The Morgan fingerprint density at radius 2 is 1.61 bits per heavy atom. The maximum atomic E-state index is 15.1. The van der Waals surface area contributed by atoms with E-state index in [-0.39, 0.29) is 24.2 Å². The summed E-state index contributed by atoms with van der Waals surface area (Å²) in [7, 11) is 1.68. The minimum atomic E-state index is -1.50. The lowest BCUT2D eigenvalue weighted by Gasteiger charge is -2.29. The van der Waals surface area contributed by atoms with Gasteiger partial charge >= 0.3 is 0 Å². The smallest absolute Gasteiger partial charge is 0.194 e. The van der Waals surface area contributed by atoms with Gasteiger partial charge in [0.25, 0.3) is 0 Å². The molecule has 0 N–H and O–H groups in total. The van der Waals surface area contributed by atoms with Crippen LogP contribution in [0.25, 0.3) is 10.8 Å². The molecule has 7 heteroatoms. The Hall–Kier alpha value is -2.48. The SMILES string of the molecule is COCCCC1COC(c2ccc3c(F)c(CCc4cc(F)c(F)c(F)c4)ccc3c2)OC1. The van der Waals surface area contributed by atoms with Crippen molar-refractivity contribution < 1.29 is 31.8 Å². The summed E-state index contributed by atoms with van der Waals surface area (Å²) in [5.41, 5.74) is 1.51. The molecular formula is C26H26F4O3. The summed E-state index contributed by atoms with van der Waals surface area (Å²) < 4.78 is 71.9. The van der Waals surface area contributed by atoms with Crippen LogP contribution >= 0.6 is 0 Å². The molecule has 33 heavy (non-hydrogen) atoms. The fraction of sp³-hybridized carbons (Fsp3) is 0.385. The molecule has 4 rings (SSSR count). The van der Waals surface area contributed by atoms with Gasteiger partial charge in [-0.05, 0) is 60.4 Å². The highest BCUT2D eigenvalue weighted by atomic mass is 19.2. The second-order valence-corrected chi connectivity index (χ2v) is 8.39. The predicted molar refractivity (Wildman–Crippen MR) is 117 cm³/mol. The van der Waals surface area contributed by atoms with Gasteiger partial charge in [0.05, 0.1) is 13.2 Å². The minimum Gasteiger partial charge on any atom is -0.385 e. The third-order valence-electron chi connectivity index (χ3n) is 5.98. The Morgan fingerprint density at radius 1 is 0.879 bits per heavy atom. The zero-order valence-corrected chi connectivity index (χ0v) is 18.4. The van der Waals surface area contributed by atoms with E-state index >= 15 is 4.39 Å². The first-order chi connectivity index (χ1) is 16.0. The van der Waals surface area contributed by atoms with Gasteiger partial charge in [0.1, 0.15) is 5.82 Å². The molecule has 176 valence electrons. The van der Waals surface area contributed by atoms with Gasteiger partial charge in [-0.15, -0.1) is 0 Å². The Bertz CT molecular complexity index is 1090. The maximum Gasteiger partial charge on any atom is 0.194 e. The average Bonchev–Trinajstić information content (AvgIpc) is 2.82. The van der Waals surface area contributed by atoms with Crippen molar-refractivity contribution in [3.05, 3.63) is 82.4 Å². The van der Waals surface area contributed by atoms with Crippen LogP contribution in [0.15, 0.2) is 42.5 Å². The quantitative estimate of drug-likeness (QED) is 0.224. The van der Waals surface area contributed by atoms with E-state index in [0.717, 1.165) is 37.1 Å². The fourth-order valence-corrected chi connectivity index (χ4v) is 4.15. The van der Waals surface area contributed by atoms with Crippen molar-refractivity contribution in [2.45, 2.75) is 32.0 Å². The first kappa shape index (κ1) is 23.7. The van der Waals surface area contributed by atoms with Gasteiger partial charge in [-0.25, -0.2) is 17.6 Å². The molecule has 3 aromatic carbocycles.